The molecule has 0 heterocycles. The highest BCUT2D eigenvalue weighted by atomic mass is 79.9. The monoisotopic (exact) mass is 406 g/mol. The van der Waals surface area contributed by atoms with Gasteiger partial charge >= 0.3 is 5.97 Å². The van der Waals surface area contributed by atoms with Crippen molar-refractivity contribution in [3.8, 4) is 0 Å². The lowest BCUT2D eigenvalue weighted by molar-refractivity contribution is -0.144. The second-order valence-corrected chi connectivity index (χ2v) is 7.30. The highest BCUT2D eigenvalue weighted by molar-refractivity contribution is 9.10. The Labute approximate surface area is 154 Å². The number of Topliss-reactive ketones (excluding diaryl/α,β-unsaturated/α-hetero) is 1. The Kier molecular flexibility index (Phi) is 7.53. The van der Waals surface area contributed by atoms with Crippen molar-refractivity contribution in [2.45, 2.75) is 12.2 Å². The number of carbonyl (C=O) groups is 2. The van der Waals surface area contributed by atoms with Crippen LogP contribution in [0.25, 0.3) is 0 Å². The number of halogens is 1. The number of rotatable bonds is 8. The second-order valence-electron chi connectivity index (χ2n) is 5.36. The molecule has 0 radical (unpaired) electrons. The molecule has 0 amide bonds. The summed E-state index contributed by atoms with van der Waals surface area (Å²) in [7, 11) is 1.36. The number of ketones is 1. The third-order valence-corrected chi connectivity index (χ3v) is 5.27. The van der Waals surface area contributed by atoms with Crippen LogP contribution < -0.4 is 0 Å². The summed E-state index contributed by atoms with van der Waals surface area (Å²) < 4.78 is 5.78. The van der Waals surface area contributed by atoms with Gasteiger partial charge in [0, 0.05) is 28.0 Å². The molecule has 0 aliphatic heterocycles. The van der Waals surface area contributed by atoms with E-state index in [0.29, 0.717) is 11.3 Å². The van der Waals surface area contributed by atoms with Gasteiger partial charge in [-0.3, -0.25) is 9.59 Å². The van der Waals surface area contributed by atoms with E-state index >= 15 is 0 Å². The van der Waals surface area contributed by atoms with Crippen molar-refractivity contribution in [3.05, 3.63) is 70.2 Å². The predicted octanol–water partition coefficient (Wildman–Crippen LogP) is 4.74. The van der Waals surface area contributed by atoms with Gasteiger partial charge in [0.15, 0.2) is 5.78 Å². The standard InChI is InChI=1S/C19H19BrO3S/c1-23-19(22)16(13-24-12-14-5-3-2-4-6-14)11-18(21)15-7-9-17(20)10-8-15/h2-10,16H,11-13H2,1H3. The molecule has 0 aliphatic carbocycles. The van der Waals surface area contributed by atoms with E-state index in [0.717, 1.165) is 10.2 Å². The summed E-state index contributed by atoms with van der Waals surface area (Å²) in [5, 5.41) is 0. The molecule has 0 saturated carbocycles. The van der Waals surface area contributed by atoms with Gasteiger partial charge in [0.05, 0.1) is 13.0 Å². The Morgan fingerprint density at radius 3 is 2.38 bits per heavy atom. The molecule has 1 unspecified atom stereocenters. The average molecular weight is 407 g/mol. The summed E-state index contributed by atoms with van der Waals surface area (Å²) in [6.45, 7) is 0. The van der Waals surface area contributed by atoms with Gasteiger partial charge in [-0.1, -0.05) is 58.4 Å². The zero-order valence-corrected chi connectivity index (χ0v) is 15.8. The van der Waals surface area contributed by atoms with Crippen LogP contribution in [0.1, 0.15) is 22.3 Å². The van der Waals surface area contributed by atoms with Crippen LogP contribution in [0, 0.1) is 5.92 Å². The highest BCUT2D eigenvalue weighted by Gasteiger charge is 2.23. The fourth-order valence-corrected chi connectivity index (χ4v) is 3.60. The molecule has 0 fully saturated rings. The molecule has 0 bridgehead atoms. The summed E-state index contributed by atoms with van der Waals surface area (Å²) in [4.78, 5) is 24.4. The average Bonchev–Trinajstić information content (AvgIpc) is 2.61. The SMILES string of the molecule is COC(=O)C(CSCc1ccccc1)CC(=O)c1ccc(Br)cc1. The van der Waals surface area contributed by atoms with Crippen molar-refractivity contribution in [3.63, 3.8) is 0 Å². The zero-order chi connectivity index (χ0) is 17.4. The van der Waals surface area contributed by atoms with Crippen molar-refractivity contribution in [2.75, 3.05) is 12.9 Å². The Balaban J connectivity index is 1.93. The molecule has 2 aromatic carbocycles. The summed E-state index contributed by atoms with van der Waals surface area (Å²) in [5.74, 6) is 0.559. The van der Waals surface area contributed by atoms with Gasteiger partial charge in [-0.05, 0) is 17.7 Å². The molecule has 126 valence electrons. The number of thioether (sulfide) groups is 1. The first-order valence-electron chi connectivity index (χ1n) is 7.58. The topological polar surface area (TPSA) is 43.4 Å². The number of ether oxygens (including phenoxy) is 1. The smallest absolute Gasteiger partial charge is 0.309 e. The van der Waals surface area contributed by atoms with E-state index in [9.17, 15) is 9.59 Å². The van der Waals surface area contributed by atoms with Crippen molar-refractivity contribution in [1.29, 1.82) is 0 Å². The third-order valence-electron chi connectivity index (χ3n) is 3.56. The molecule has 0 spiro atoms. The van der Waals surface area contributed by atoms with Gasteiger partial charge in [-0.2, -0.15) is 11.8 Å². The zero-order valence-electron chi connectivity index (χ0n) is 13.4. The van der Waals surface area contributed by atoms with Crippen molar-refractivity contribution < 1.29 is 14.3 Å². The number of benzene rings is 2. The highest BCUT2D eigenvalue weighted by Crippen LogP contribution is 2.21. The van der Waals surface area contributed by atoms with Gasteiger partial charge in [-0.25, -0.2) is 0 Å². The van der Waals surface area contributed by atoms with E-state index in [4.69, 9.17) is 4.74 Å². The van der Waals surface area contributed by atoms with E-state index < -0.39 is 5.92 Å². The van der Waals surface area contributed by atoms with E-state index in [1.165, 1.54) is 12.7 Å². The maximum atomic E-state index is 12.4. The molecule has 0 aromatic heterocycles. The van der Waals surface area contributed by atoms with E-state index in [1.807, 2.05) is 42.5 Å². The summed E-state index contributed by atoms with van der Waals surface area (Å²) >= 11 is 4.98. The summed E-state index contributed by atoms with van der Waals surface area (Å²) in [6.07, 6.45) is 0.163. The molecule has 2 aromatic rings. The molecular formula is C19H19BrO3S. The second kappa shape index (κ2) is 9.64. The summed E-state index contributed by atoms with van der Waals surface area (Å²) in [5.41, 5.74) is 1.81. The fraction of sp³-hybridized carbons (Fsp3) is 0.263. The molecule has 1 atom stereocenters. The predicted molar refractivity (Wildman–Crippen MR) is 101 cm³/mol. The Hall–Kier alpha value is -1.59. The van der Waals surface area contributed by atoms with Gasteiger partial charge in [0.2, 0.25) is 0 Å². The van der Waals surface area contributed by atoms with Gasteiger partial charge in [0.25, 0.3) is 0 Å². The van der Waals surface area contributed by atoms with Crippen LogP contribution in [0.5, 0.6) is 0 Å². The quantitative estimate of drug-likeness (QED) is 0.468. The van der Waals surface area contributed by atoms with Crippen LogP contribution in [0.3, 0.4) is 0 Å². The van der Waals surface area contributed by atoms with Crippen LogP contribution in [-0.2, 0) is 15.3 Å². The Morgan fingerprint density at radius 2 is 1.75 bits per heavy atom. The van der Waals surface area contributed by atoms with Crippen LogP contribution in [0.15, 0.2) is 59.1 Å². The van der Waals surface area contributed by atoms with Gasteiger partial charge in [-0.15, -0.1) is 0 Å². The van der Waals surface area contributed by atoms with Gasteiger partial charge < -0.3 is 4.74 Å². The number of methoxy groups -OCH3 is 1. The number of hydrogen-bond donors (Lipinski definition) is 0. The molecule has 3 nitrogen and oxygen atoms in total. The number of hydrogen-bond acceptors (Lipinski definition) is 4. The first-order valence-corrected chi connectivity index (χ1v) is 9.53. The molecule has 24 heavy (non-hydrogen) atoms. The minimum atomic E-state index is -0.431. The lowest BCUT2D eigenvalue weighted by Crippen LogP contribution is -2.22. The van der Waals surface area contributed by atoms with Crippen LogP contribution in [0.2, 0.25) is 0 Å². The fourth-order valence-electron chi connectivity index (χ4n) is 2.25. The molecule has 0 aliphatic rings. The molecule has 0 N–H and O–H groups in total. The number of esters is 1. The lowest BCUT2D eigenvalue weighted by Gasteiger charge is -2.14. The molecule has 0 saturated heterocycles. The van der Waals surface area contributed by atoms with Crippen molar-refractivity contribution in [1.82, 2.24) is 0 Å². The van der Waals surface area contributed by atoms with E-state index in [-0.39, 0.29) is 18.2 Å². The number of carbonyl (C=O) groups excluding carboxylic acids is 2. The summed E-state index contributed by atoms with van der Waals surface area (Å²) in [6, 6.07) is 17.2. The first kappa shape index (κ1) is 18.7. The van der Waals surface area contributed by atoms with E-state index in [1.54, 1.807) is 23.9 Å². The molecule has 5 heteroatoms. The lowest BCUT2D eigenvalue weighted by atomic mass is 10.00. The minimum Gasteiger partial charge on any atom is -0.469 e. The molecule has 2 rings (SSSR count). The normalized spacial score (nSPS) is 11.8. The maximum Gasteiger partial charge on any atom is 0.309 e. The largest absolute Gasteiger partial charge is 0.469 e. The minimum absolute atomic E-state index is 0.0433. The van der Waals surface area contributed by atoms with Gasteiger partial charge in [0.1, 0.15) is 0 Å². The third kappa shape index (κ3) is 5.80. The van der Waals surface area contributed by atoms with E-state index in [2.05, 4.69) is 15.9 Å². The molecular weight excluding hydrogens is 388 g/mol. The Morgan fingerprint density at radius 1 is 1.08 bits per heavy atom. The Bertz CT molecular complexity index is 671. The van der Waals surface area contributed by atoms with Crippen molar-refractivity contribution in [2.24, 2.45) is 5.92 Å². The van der Waals surface area contributed by atoms with Crippen LogP contribution >= 0.6 is 27.7 Å². The maximum absolute atomic E-state index is 12.4. The first-order chi connectivity index (χ1) is 11.6. The van der Waals surface area contributed by atoms with Crippen LogP contribution in [0.4, 0.5) is 0 Å². The van der Waals surface area contributed by atoms with Crippen LogP contribution in [-0.4, -0.2) is 24.6 Å². The van der Waals surface area contributed by atoms with Crippen molar-refractivity contribution >= 4 is 39.4 Å².